The summed E-state index contributed by atoms with van der Waals surface area (Å²) in [7, 11) is 0.475. The number of halogens is 2. The Balaban J connectivity index is 1.55. The summed E-state index contributed by atoms with van der Waals surface area (Å²) in [5, 5.41) is 3.59. The number of anilines is 1. The lowest BCUT2D eigenvalue weighted by atomic mass is 9.89. The molecule has 2 aliphatic heterocycles. The molecule has 0 unspecified atom stereocenters. The molecule has 36 heavy (non-hydrogen) atoms. The second-order valence-electron chi connectivity index (χ2n) is 9.06. The third-order valence-electron chi connectivity index (χ3n) is 6.44. The van der Waals surface area contributed by atoms with Crippen LogP contribution in [0.5, 0.6) is 5.75 Å². The summed E-state index contributed by atoms with van der Waals surface area (Å²) in [5.74, 6) is -0.215. The van der Waals surface area contributed by atoms with E-state index in [1.54, 1.807) is 12.1 Å². The number of methoxy groups -OCH3 is 1. The Bertz CT molecular complexity index is 1240. The minimum Gasteiger partial charge on any atom is -0.495 e. The van der Waals surface area contributed by atoms with E-state index in [0.29, 0.717) is 37.4 Å². The molecule has 2 aromatic rings. The number of carbonyl (C=O) groups excluding carboxylic acids is 1. The topological polar surface area (TPSA) is 88.2 Å². The fraction of sp³-hybridized carbons (Fsp3) is 0.400. The molecule has 2 bridgehead atoms. The maximum absolute atomic E-state index is 13.3. The van der Waals surface area contributed by atoms with Crippen molar-refractivity contribution < 1.29 is 27.1 Å². The highest BCUT2D eigenvalue weighted by Crippen LogP contribution is 2.33. The Kier molecular flexibility index (Phi) is 7.89. The summed E-state index contributed by atoms with van der Waals surface area (Å²) in [6.07, 6.45) is 4.21. The van der Waals surface area contributed by atoms with Crippen molar-refractivity contribution in [3.05, 3.63) is 58.9 Å². The maximum atomic E-state index is 13.3. The van der Waals surface area contributed by atoms with E-state index in [-0.39, 0.29) is 39.8 Å². The highest BCUT2D eigenvalue weighted by Gasteiger charge is 2.41. The summed E-state index contributed by atoms with van der Waals surface area (Å²) in [6, 6.07) is 8.87. The first-order chi connectivity index (χ1) is 17.1. The van der Waals surface area contributed by atoms with Gasteiger partial charge in [0.2, 0.25) is 15.9 Å². The molecule has 8 nitrogen and oxygen atoms in total. The highest BCUT2D eigenvalue weighted by atomic mass is 35.5. The van der Waals surface area contributed by atoms with E-state index < -0.39 is 10.0 Å². The number of rotatable bonds is 7. The van der Waals surface area contributed by atoms with E-state index in [4.69, 9.17) is 21.1 Å². The van der Waals surface area contributed by atoms with E-state index >= 15 is 0 Å². The Hall–Kier alpha value is -2.66. The summed E-state index contributed by atoms with van der Waals surface area (Å²) < 4.78 is 51.0. The van der Waals surface area contributed by atoms with Gasteiger partial charge in [-0.2, -0.15) is 0 Å². The molecule has 2 aliphatic rings. The summed E-state index contributed by atoms with van der Waals surface area (Å²) in [4.78, 5) is 15.1. The number of nitrogens with zero attached hydrogens (tertiary/aromatic N) is 2. The monoisotopic (exact) mass is 537 g/mol. The molecule has 0 saturated carbocycles. The number of nitrogens with one attached hydrogen (secondary N) is 1. The normalized spacial score (nSPS) is 22.2. The van der Waals surface area contributed by atoms with E-state index in [1.807, 2.05) is 4.90 Å². The number of sulfonamides is 1. The zero-order valence-corrected chi connectivity index (χ0v) is 21.9. The van der Waals surface area contributed by atoms with Gasteiger partial charge < -0.3 is 19.7 Å². The van der Waals surface area contributed by atoms with Crippen LogP contribution in [0.4, 0.5) is 10.1 Å². The highest BCUT2D eigenvalue weighted by molar-refractivity contribution is 7.89. The Morgan fingerprint density at radius 3 is 2.42 bits per heavy atom. The largest absolute Gasteiger partial charge is 0.495 e. The second-order valence-corrected chi connectivity index (χ2v) is 11.6. The van der Waals surface area contributed by atoms with Crippen LogP contribution in [-0.4, -0.2) is 76.1 Å². The number of piperidine rings is 1. The average Bonchev–Trinajstić information content (AvgIpc) is 2.83. The lowest BCUT2D eigenvalue weighted by Crippen LogP contribution is -2.60. The van der Waals surface area contributed by atoms with Gasteiger partial charge in [0.05, 0.1) is 42.3 Å². The third-order valence-corrected chi connectivity index (χ3v) is 8.60. The molecule has 11 heteroatoms. The smallest absolute Gasteiger partial charge is 0.247 e. The lowest BCUT2D eigenvalue weighted by molar-refractivity contribution is -0.145. The van der Waals surface area contributed by atoms with Crippen molar-refractivity contribution in [3.63, 3.8) is 0 Å². The van der Waals surface area contributed by atoms with Crippen molar-refractivity contribution in [1.29, 1.82) is 0 Å². The van der Waals surface area contributed by atoms with Crippen LogP contribution in [0, 0.1) is 5.82 Å². The molecule has 0 aromatic heterocycles. The zero-order valence-electron chi connectivity index (χ0n) is 20.3. The molecule has 0 radical (unpaired) electrons. The van der Waals surface area contributed by atoms with Gasteiger partial charge in [-0.1, -0.05) is 11.6 Å². The maximum Gasteiger partial charge on any atom is 0.247 e. The minimum absolute atomic E-state index is 0.0203. The molecule has 2 heterocycles. The molecule has 1 N–H and O–H groups in total. The van der Waals surface area contributed by atoms with Crippen LogP contribution in [-0.2, 0) is 19.6 Å². The number of ether oxygens (including phenoxy) is 2. The number of morpholine rings is 1. The number of benzene rings is 2. The summed E-state index contributed by atoms with van der Waals surface area (Å²) >= 11 is 6.20. The van der Waals surface area contributed by atoms with E-state index in [0.717, 1.165) is 9.99 Å². The van der Waals surface area contributed by atoms with Crippen LogP contribution in [0.1, 0.15) is 18.4 Å². The van der Waals surface area contributed by atoms with Crippen LogP contribution in [0.2, 0.25) is 5.02 Å². The van der Waals surface area contributed by atoms with Crippen molar-refractivity contribution >= 4 is 39.3 Å². The molecule has 2 fully saturated rings. The molecule has 0 aliphatic carbocycles. The fourth-order valence-corrected chi connectivity index (χ4v) is 6.07. The molecule has 4 rings (SSSR count). The van der Waals surface area contributed by atoms with Crippen LogP contribution in [0.3, 0.4) is 0 Å². The predicted octanol–water partition coefficient (Wildman–Crippen LogP) is 3.62. The van der Waals surface area contributed by atoms with Gasteiger partial charge in [0.25, 0.3) is 0 Å². The standard InChI is InChI=1S/C25H29ClFN3O5S/c1-29(2)36(32,33)24-13-22(26)23(34-3)10-16(24)4-9-25(31)30-20-11-19(12-21(30)15-35-14-20)28-18-7-5-17(27)6-8-18/h4-10,13,19-21,28H,11-12,14-15H2,1-3H3/b9-4+/t19-,20+,21-. The first-order valence-corrected chi connectivity index (χ1v) is 13.3. The second kappa shape index (κ2) is 10.8. The SMILES string of the molecule is COc1cc(/C=C/C(=O)N2[C@@H]3COC[C@H]2C[C@H](Nc2ccc(F)cc2)C3)c(S(=O)(=O)N(C)C)cc1Cl. The van der Waals surface area contributed by atoms with Crippen molar-refractivity contribution in [1.82, 2.24) is 9.21 Å². The molecule has 1 amide bonds. The number of amides is 1. The predicted molar refractivity (Wildman–Crippen MR) is 136 cm³/mol. The Labute approximate surface area is 215 Å². The average molecular weight is 538 g/mol. The third kappa shape index (κ3) is 5.51. The van der Waals surface area contributed by atoms with Crippen LogP contribution in [0.25, 0.3) is 6.08 Å². The molecular formula is C25H29ClFN3O5S. The molecule has 2 saturated heterocycles. The van der Waals surface area contributed by atoms with Gasteiger partial charge in [-0.05, 0) is 60.9 Å². The van der Waals surface area contributed by atoms with Gasteiger partial charge in [0.15, 0.2) is 0 Å². The van der Waals surface area contributed by atoms with Crippen molar-refractivity contribution in [2.75, 3.05) is 39.7 Å². The number of hydrogen-bond donors (Lipinski definition) is 1. The first kappa shape index (κ1) is 26.4. The van der Waals surface area contributed by atoms with E-state index in [1.165, 1.54) is 57.6 Å². The van der Waals surface area contributed by atoms with Crippen molar-refractivity contribution in [3.8, 4) is 5.75 Å². The van der Waals surface area contributed by atoms with Crippen molar-refractivity contribution in [2.45, 2.75) is 35.9 Å². The van der Waals surface area contributed by atoms with Crippen molar-refractivity contribution in [2.24, 2.45) is 0 Å². The Morgan fingerprint density at radius 1 is 1.19 bits per heavy atom. The summed E-state index contributed by atoms with van der Waals surface area (Å²) in [5.41, 5.74) is 1.12. The quantitative estimate of drug-likeness (QED) is 0.543. The van der Waals surface area contributed by atoms with Crippen LogP contribution in [0.15, 0.2) is 47.4 Å². The molecular weight excluding hydrogens is 509 g/mol. The fourth-order valence-electron chi connectivity index (χ4n) is 4.68. The van der Waals surface area contributed by atoms with Gasteiger partial charge in [-0.25, -0.2) is 17.1 Å². The van der Waals surface area contributed by atoms with E-state index in [2.05, 4.69) is 5.32 Å². The Morgan fingerprint density at radius 2 is 1.83 bits per heavy atom. The zero-order chi connectivity index (χ0) is 26.0. The summed E-state index contributed by atoms with van der Waals surface area (Å²) in [6.45, 7) is 0.819. The van der Waals surface area contributed by atoms with Crippen LogP contribution < -0.4 is 10.1 Å². The van der Waals surface area contributed by atoms with Gasteiger partial charge in [0.1, 0.15) is 11.6 Å². The number of carbonyl (C=O) groups is 1. The molecule has 194 valence electrons. The number of hydrogen-bond acceptors (Lipinski definition) is 6. The molecule has 0 spiro atoms. The molecule has 3 atom stereocenters. The minimum atomic E-state index is -3.82. The van der Waals surface area contributed by atoms with E-state index in [9.17, 15) is 17.6 Å². The number of fused-ring (bicyclic) bond motifs is 2. The van der Waals surface area contributed by atoms with Gasteiger partial charge >= 0.3 is 0 Å². The molecule has 2 aromatic carbocycles. The first-order valence-electron chi connectivity index (χ1n) is 11.5. The van der Waals surface area contributed by atoms with Gasteiger partial charge in [-0.3, -0.25) is 4.79 Å². The van der Waals surface area contributed by atoms with Gasteiger partial charge in [-0.15, -0.1) is 0 Å². The lowest BCUT2D eigenvalue weighted by Gasteiger charge is -2.48. The van der Waals surface area contributed by atoms with Gasteiger partial charge in [0, 0.05) is 31.9 Å². The van der Waals surface area contributed by atoms with Crippen LogP contribution >= 0.6 is 11.6 Å².